The fraction of sp³-hybridized carbons (Fsp3) is 0.737. The molecule has 1 aliphatic heterocycles. The second-order valence-corrected chi connectivity index (χ2v) is 8.39. The van der Waals surface area contributed by atoms with E-state index in [1.807, 2.05) is 13.8 Å². The lowest BCUT2D eigenvalue weighted by Gasteiger charge is -2.29. The third-order valence-electron chi connectivity index (χ3n) is 4.80. The van der Waals surface area contributed by atoms with Crippen LogP contribution in [-0.2, 0) is 24.0 Å². The molecule has 31 heavy (non-hydrogen) atoms. The van der Waals surface area contributed by atoms with Gasteiger partial charge in [0.2, 0.25) is 23.6 Å². The SMILES string of the molecule is CC(C)C[C@H](NC(=O)[C@H](C)N)C(=O)N[C@@H](CS)C(=O)N1CCC[C@H]1C(=O)NCC(=O)O. The summed E-state index contributed by atoms with van der Waals surface area (Å²) in [6, 6.07) is -3.48. The van der Waals surface area contributed by atoms with Gasteiger partial charge in [0.05, 0.1) is 6.04 Å². The minimum Gasteiger partial charge on any atom is -0.480 e. The van der Waals surface area contributed by atoms with Crippen molar-refractivity contribution in [2.45, 2.75) is 64.2 Å². The molecule has 6 N–H and O–H groups in total. The Labute approximate surface area is 187 Å². The van der Waals surface area contributed by atoms with Crippen LogP contribution in [0, 0.1) is 5.92 Å². The molecule has 1 fully saturated rings. The van der Waals surface area contributed by atoms with Crippen molar-refractivity contribution in [1.29, 1.82) is 0 Å². The molecule has 4 amide bonds. The first-order valence-corrected chi connectivity index (χ1v) is 10.9. The third kappa shape index (κ3) is 8.37. The van der Waals surface area contributed by atoms with Gasteiger partial charge in [0, 0.05) is 12.3 Å². The number of thiol groups is 1. The molecule has 0 unspecified atom stereocenters. The summed E-state index contributed by atoms with van der Waals surface area (Å²) in [6.07, 6.45) is 1.32. The lowest BCUT2D eigenvalue weighted by atomic mass is 10.0. The molecule has 1 aliphatic rings. The summed E-state index contributed by atoms with van der Waals surface area (Å²) in [4.78, 5) is 62.1. The first-order valence-electron chi connectivity index (χ1n) is 10.2. The Bertz CT molecular complexity index is 687. The van der Waals surface area contributed by atoms with Crippen molar-refractivity contribution in [2.24, 2.45) is 11.7 Å². The maximum absolute atomic E-state index is 13.0. The summed E-state index contributed by atoms with van der Waals surface area (Å²) in [7, 11) is 0. The Hall–Kier alpha value is -2.34. The van der Waals surface area contributed by atoms with Crippen LogP contribution in [0.4, 0.5) is 0 Å². The van der Waals surface area contributed by atoms with Crippen LogP contribution in [0.2, 0.25) is 0 Å². The van der Waals surface area contributed by atoms with Gasteiger partial charge in [-0.15, -0.1) is 0 Å². The molecule has 0 aromatic rings. The van der Waals surface area contributed by atoms with E-state index in [1.54, 1.807) is 0 Å². The van der Waals surface area contributed by atoms with Crippen LogP contribution in [0.3, 0.4) is 0 Å². The van der Waals surface area contributed by atoms with Crippen molar-refractivity contribution in [3.8, 4) is 0 Å². The van der Waals surface area contributed by atoms with E-state index in [0.29, 0.717) is 25.8 Å². The van der Waals surface area contributed by atoms with Crippen molar-refractivity contribution in [3.05, 3.63) is 0 Å². The van der Waals surface area contributed by atoms with Gasteiger partial charge in [-0.2, -0.15) is 12.6 Å². The maximum atomic E-state index is 13.0. The number of amides is 4. The van der Waals surface area contributed by atoms with E-state index in [4.69, 9.17) is 10.8 Å². The molecule has 176 valence electrons. The molecule has 1 heterocycles. The number of likely N-dealkylation sites (tertiary alicyclic amines) is 1. The van der Waals surface area contributed by atoms with Crippen LogP contribution < -0.4 is 21.7 Å². The fourth-order valence-corrected chi connectivity index (χ4v) is 3.50. The average Bonchev–Trinajstić information content (AvgIpc) is 3.18. The predicted molar refractivity (Wildman–Crippen MR) is 116 cm³/mol. The topological polar surface area (TPSA) is 171 Å². The number of hydrogen-bond donors (Lipinski definition) is 6. The van der Waals surface area contributed by atoms with Gasteiger partial charge in [0.15, 0.2) is 0 Å². The monoisotopic (exact) mass is 459 g/mol. The molecule has 12 heteroatoms. The normalized spacial score (nSPS) is 18.8. The number of hydrogen-bond acceptors (Lipinski definition) is 7. The Morgan fingerprint density at radius 1 is 1.10 bits per heavy atom. The summed E-state index contributed by atoms with van der Waals surface area (Å²) in [6.45, 7) is 5.05. The van der Waals surface area contributed by atoms with Crippen molar-refractivity contribution < 1.29 is 29.1 Å². The van der Waals surface area contributed by atoms with Crippen LogP contribution >= 0.6 is 12.6 Å². The van der Waals surface area contributed by atoms with Gasteiger partial charge in [0.1, 0.15) is 24.7 Å². The van der Waals surface area contributed by atoms with Gasteiger partial charge in [-0.3, -0.25) is 24.0 Å². The molecule has 0 saturated carbocycles. The van der Waals surface area contributed by atoms with Crippen molar-refractivity contribution in [2.75, 3.05) is 18.8 Å². The Morgan fingerprint density at radius 2 is 1.71 bits per heavy atom. The number of rotatable bonds is 11. The van der Waals surface area contributed by atoms with Gasteiger partial charge in [0.25, 0.3) is 0 Å². The van der Waals surface area contributed by atoms with Gasteiger partial charge >= 0.3 is 5.97 Å². The average molecular weight is 460 g/mol. The zero-order valence-electron chi connectivity index (χ0n) is 18.1. The zero-order valence-corrected chi connectivity index (χ0v) is 19.0. The standard InChI is InChI=1S/C19H33N5O6S/c1-10(2)7-12(22-16(27)11(3)20)17(28)23-13(9-31)19(30)24-6-4-5-14(24)18(29)21-8-15(25)26/h10-14,31H,4-9,20H2,1-3H3,(H,21,29)(H,22,27)(H,23,28)(H,25,26)/t11-,12-,13-,14-/m0/s1. The highest BCUT2D eigenvalue weighted by atomic mass is 32.1. The second kappa shape index (κ2) is 12.5. The van der Waals surface area contributed by atoms with Gasteiger partial charge < -0.3 is 31.7 Å². The van der Waals surface area contributed by atoms with E-state index in [-0.39, 0.29) is 11.7 Å². The van der Waals surface area contributed by atoms with Crippen LogP contribution in [0.15, 0.2) is 0 Å². The van der Waals surface area contributed by atoms with Gasteiger partial charge in [-0.1, -0.05) is 13.8 Å². The second-order valence-electron chi connectivity index (χ2n) is 8.02. The molecule has 4 atom stereocenters. The molecule has 11 nitrogen and oxygen atoms in total. The van der Waals surface area contributed by atoms with E-state index in [1.165, 1.54) is 11.8 Å². The molecule has 0 spiro atoms. The van der Waals surface area contributed by atoms with Crippen LogP contribution in [-0.4, -0.2) is 82.6 Å². The Morgan fingerprint density at radius 3 is 2.23 bits per heavy atom. The summed E-state index contributed by atoms with van der Waals surface area (Å²) in [5, 5.41) is 16.2. The van der Waals surface area contributed by atoms with Crippen LogP contribution in [0.1, 0.15) is 40.0 Å². The maximum Gasteiger partial charge on any atom is 0.322 e. The van der Waals surface area contributed by atoms with E-state index in [9.17, 15) is 24.0 Å². The Kier molecular flexibility index (Phi) is 10.8. The summed E-state index contributed by atoms with van der Waals surface area (Å²) >= 11 is 4.16. The first kappa shape index (κ1) is 26.7. The van der Waals surface area contributed by atoms with E-state index in [2.05, 4.69) is 28.6 Å². The molecule has 0 bridgehead atoms. The van der Waals surface area contributed by atoms with Crippen molar-refractivity contribution in [1.82, 2.24) is 20.9 Å². The zero-order chi connectivity index (χ0) is 23.7. The minimum absolute atomic E-state index is 0.0137. The highest BCUT2D eigenvalue weighted by Gasteiger charge is 2.38. The fourth-order valence-electron chi connectivity index (χ4n) is 3.25. The number of carboxylic acids is 1. The minimum atomic E-state index is -1.19. The smallest absolute Gasteiger partial charge is 0.322 e. The number of nitrogens with two attached hydrogens (primary N) is 1. The van der Waals surface area contributed by atoms with E-state index in [0.717, 1.165) is 0 Å². The largest absolute Gasteiger partial charge is 0.480 e. The van der Waals surface area contributed by atoms with Gasteiger partial charge in [-0.25, -0.2) is 0 Å². The van der Waals surface area contributed by atoms with Crippen LogP contribution in [0.5, 0.6) is 0 Å². The summed E-state index contributed by atoms with van der Waals surface area (Å²) in [5.74, 6) is -3.17. The summed E-state index contributed by atoms with van der Waals surface area (Å²) < 4.78 is 0. The molecule has 1 saturated heterocycles. The number of nitrogens with one attached hydrogen (secondary N) is 3. The number of carbonyl (C=O) groups excluding carboxylic acids is 4. The lowest BCUT2D eigenvalue weighted by Crippen LogP contribution is -2.58. The predicted octanol–water partition coefficient (Wildman–Crippen LogP) is -1.53. The first-order chi connectivity index (χ1) is 14.5. The van der Waals surface area contributed by atoms with E-state index >= 15 is 0 Å². The van der Waals surface area contributed by atoms with Crippen molar-refractivity contribution >= 4 is 42.2 Å². The third-order valence-corrected chi connectivity index (χ3v) is 5.17. The molecule has 0 radical (unpaired) electrons. The van der Waals surface area contributed by atoms with Crippen molar-refractivity contribution in [3.63, 3.8) is 0 Å². The lowest BCUT2D eigenvalue weighted by molar-refractivity contribution is -0.142. The quantitative estimate of drug-likeness (QED) is 0.203. The molecular weight excluding hydrogens is 426 g/mol. The number of carboxylic acid groups (broad SMARTS) is 1. The number of aliphatic carboxylic acids is 1. The molecular formula is C19H33N5O6S. The highest BCUT2D eigenvalue weighted by Crippen LogP contribution is 2.19. The highest BCUT2D eigenvalue weighted by molar-refractivity contribution is 7.80. The molecule has 0 aliphatic carbocycles. The van der Waals surface area contributed by atoms with E-state index < -0.39 is 60.3 Å². The molecule has 0 aromatic carbocycles. The molecule has 0 aromatic heterocycles. The Balaban J connectivity index is 2.86. The number of carbonyl (C=O) groups is 5. The van der Waals surface area contributed by atoms with Gasteiger partial charge in [-0.05, 0) is 32.1 Å². The van der Waals surface area contributed by atoms with Crippen LogP contribution in [0.25, 0.3) is 0 Å². The molecule has 1 rings (SSSR count). The summed E-state index contributed by atoms with van der Waals surface area (Å²) in [5.41, 5.74) is 5.57. The number of nitrogens with zero attached hydrogens (tertiary/aromatic N) is 1.